The molecule has 2 fully saturated rings. The number of carbonyl (C=O) groups is 1. The minimum absolute atomic E-state index is 0.0829. The zero-order chi connectivity index (χ0) is 14.9. The van der Waals surface area contributed by atoms with Crippen molar-refractivity contribution in [2.75, 3.05) is 19.8 Å². The SMILES string of the molecule is CCOC(=O)c1[nH]cc(C2CCC3(CC2)OCCO3)c1F. The molecule has 1 saturated carbocycles. The number of esters is 1. The maximum Gasteiger partial charge on any atom is 0.357 e. The summed E-state index contributed by atoms with van der Waals surface area (Å²) in [7, 11) is 0. The van der Waals surface area contributed by atoms with Gasteiger partial charge in [-0.15, -0.1) is 0 Å². The van der Waals surface area contributed by atoms with Crippen LogP contribution < -0.4 is 0 Å². The fourth-order valence-electron chi connectivity index (χ4n) is 3.22. The highest BCUT2D eigenvalue weighted by molar-refractivity contribution is 5.88. The number of aromatic amines is 1. The number of hydrogen-bond donors (Lipinski definition) is 1. The Morgan fingerprint density at radius 1 is 1.43 bits per heavy atom. The lowest BCUT2D eigenvalue weighted by Crippen LogP contribution is -2.34. The van der Waals surface area contributed by atoms with Crippen molar-refractivity contribution in [2.45, 2.75) is 44.3 Å². The summed E-state index contributed by atoms with van der Waals surface area (Å²) < 4.78 is 30.5. The molecule has 0 amide bonds. The quantitative estimate of drug-likeness (QED) is 0.871. The molecule has 6 heteroatoms. The van der Waals surface area contributed by atoms with E-state index in [1.807, 2.05) is 0 Å². The van der Waals surface area contributed by atoms with Crippen LogP contribution in [0.4, 0.5) is 4.39 Å². The highest BCUT2D eigenvalue weighted by atomic mass is 19.1. The number of aromatic nitrogens is 1. The van der Waals surface area contributed by atoms with Crippen LogP contribution in [0.15, 0.2) is 6.20 Å². The summed E-state index contributed by atoms with van der Waals surface area (Å²) >= 11 is 0. The number of carbonyl (C=O) groups excluding carboxylic acids is 1. The lowest BCUT2D eigenvalue weighted by molar-refractivity contribution is -0.178. The summed E-state index contributed by atoms with van der Waals surface area (Å²) in [5, 5.41) is 0. The fraction of sp³-hybridized carbons (Fsp3) is 0.667. The monoisotopic (exact) mass is 297 g/mol. The lowest BCUT2D eigenvalue weighted by Gasteiger charge is -2.35. The third kappa shape index (κ3) is 2.70. The molecule has 2 heterocycles. The number of hydrogen-bond acceptors (Lipinski definition) is 4. The molecule has 21 heavy (non-hydrogen) atoms. The summed E-state index contributed by atoms with van der Waals surface area (Å²) in [4.78, 5) is 14.3. The highest BCUT2D eigenvalue weighted by Gasteiger charge is 2.41. The smallest absolute Gasteiger partial charge is 0.357 e. The van der Waals surface area contributed by atoms with Crippen LogP contribution in [0.5, 0.6) is 0 Å². The van der Waals surface area contributed by atoms with Crippen molar-refractivity contribution >= 4 is 5.97 Å². The normalized spacial score (nSPS) is 21.8. The molecule has 0 bridgehead atoms. The third-order valence-electron chi connectivity index (χ3n) is 4.33. The van der Waals surface area contributed by atoms with E-state index in [0.717, 1.165) is 25.7 Å². The maximum atomic E-state index is 14.4. The fourth-order valence-corrected chi connectivity index (χ4v) is 3.22. The predicted molar refractivity (Wildman–Crippen MR) is 72.6 cm³/mol. The zero-order valence-corrected chi connectivity index (χ0v) is 12.1. The Balaban J connectivity index is 1.69. The molecule has 1 aliphatic heterocycles. The van der Waals surface area contributed by atoms with E-state index >= 15 is 0 Å². The van der Waals surface area contributed by atoms with Gasteiger partial charge in [0, 0.05) is 24.6 Å². The molecule has 0 unspecified atom stereocenters. The molecular formula is C15H20FNO4. The van der Waals surface area contributed by atoms with E-state index in [0.29, 0.717) is 18.8 Å². The lowest BCUT2D eigenvalue weighted by atomic mass is 9.81. The van der Waals surface area contributed by atoms with Crippen molar-refractivity contribution in [1.82, 2.24) is 4.98 Å². The topological polar surface area (TPSA) is 60.6 Å². The molecule has 1 saturated heterocycles. The molecule has 0 atom stereocenters. The molecule has 5 nitrogen and oxygen atoms in total. The Kier molecular flexibility index (Phi) is 3.99. The third-order valence-corrected chi connectivity index (χ3v) is 4.33. The van der Waals surface area contributed by atoms with Gasteiger partial charge in [0.2, 0.25) is 0 Å². The van der Waals surface area contributed by atoms with Gasteiger partial charge in [-0.2, -0.15) is 0 Å². The van der Waals surface area contributed by atoms with Crippen LogP contribution >= 0.6 is 0 Å². The van der Waals surface area contributed by atoms with Crippen LogP contribution in [0.1, 0.15) is 54.6 Å². The molecule has 3 rings (SSSR count). The number of H-pyrrole nitrogens is 1. The van der Waals surface area contributed by atoms with Crippen LogP contribution in [0, 0.1) is 5.82 Å². The Morgan fingerprint density at radius 3 is 2.71 bits per heavy atom. The molecular weight excluding hydrogens is 277 g/mol. The van der Waals surface area contributed by atoms with Crippen LogP contribution in [-0.2, 0) is 14.2 Å². The van der Waals surface area contributed by atoms with Crippen molar-refractivity contribution in [2.24, 2.45) is 0 Å². The van der Waals surface area contributed by atoms with Gasteiger partial charge < -0.3 is 19.2 Å². The Morgan fingerprint density at radius 2 is 2.10 bits per heavy atom. The maximum absolute atomic E-state index is 14.4. The number of ether oxygens (including phenoxy) is 3. The average molecular weight is 297 g/mol. The summed E-state index contributed by atoms with van der Waals surface area (Å²) in [5.41, 5.74) is 0.478. The summed E-state index contributed by atoms with van der Waals surface area (Å²) in [5.74, 6) is -1.49. The van der Waals surface area contributed by atoms with E-state index in [1.54, 1.807) is 13.1 Å². The highest BCUT2D eigenvalue weighted by Crippen LogP contribution is 2.43. The van der Waals surface area contributed by atoms with E-state index in [4.69, 9.17) is 14.2 Å². The van der Waals surface area contributed by atoms with Gasteiger partial charge in [0.05, 0.1) is 19.8 Å². The second kappa shape index (κ2) is 5.77. The Labute approximate surface area is 122 Å². The summed E-state index contributed by atoms with van der Waals surface area (Å²) in [6.45, 7) is 3.20. The standard InChI is InChI=1S/C15H20FNO4/c1-2-19-14(18)13-12(16)11(9-17-13)10-3-5-15(6-4-10)20-7-8-21-15/h9-10,17H,2-8H2,1H3. The van der Waals surface area contributed by atoms with Crippen LogP contribution in [-0.4, -0.2) is 36.6 Å². The Hall–Kier alpha value is -1.40. The van der Waals surface area contributed by atoms with E-state index in [-0.39, 0.29) is 18.2 Å². The first-order chi connectivity index (χ1) is 10.2. The van der Waals surface area contributed by atoms with Gasteiger partial charge in [0.25, 0.3) is 0 Å². The average Bonchev–Trinajstić information content (AvgIpc) is 3.08. The molecule has 1 N–H and O–H groups in total. The zero-order valence-electron chi connectivity index (χ0n) is 12.1. The van der Waals surface area contributed by atoms with E-state index in [1.165, 1.54) is 0 Å². The first-order valence-electron chi connectivity index (χ1n) is 7.47. The van der Waals surface area contributed by atoms with Gasteiger partial charge in [-0.25, -0.2) is 9.18 Å². The molecule has 1 aromatic rings. The van der Waals surface area contributed by atoms with Crippen molar-refractivity contribution in [3.63, 3.8) is 0 Å². The largest absolute Gasteiger partial charge is 0.461 e. The van der Waals surface area contributed by atoms with Crippen LogP contribution in [0.25, 0.3) is 0 Å². The molecule has 1 aliphatic carbocycles. The molecule has 1 spiro atoms. The second-order valence-corrected chi connectivity index (χ2v) is 5.54. The van der Waals surface area contributed by atoms with Crippen LogP contribution in [0.3, 0.4) is 0 Å². The van der Waals surface area contributed by atoms with Crippen molar-refractivity contribution in [1.29, 1.82) is 0 Å². The Bertz CT molecular complexity index is 512. The van der Waals surface area contributed by atoms with Gasteiger partial charge >= 0.3 is 5.97 Å². The predicted octanol–water partition coefficient (Wildman–Crippen LogP) is 2.73. The number of nitrogens with one attached hydrogen (secondary N) is 1. The minimum atomic E-state index is -0.643. The summed E-state index contributed by atoms with van der Waals surface area (Å²) in [6.07, 6.45) is 4.68. The molecule has 0 radical (unpaired) electrons. The van der Waals surface area contributed by atoms with E-state index in [2.05, 4.69) is 4.98 Å². The van der Waals surface area contributed by atoms with Crippen molar-refractivity contribution in [3.8, 4) is 0 Å². The van der Waals surface area contributed by atoms with Gasteiger partial charge in [0.1, 0.15) is 0 Å². The number of halogens is 1. The summed E-state index contributed by atoms with van der Waals surface area (Å²) in [6, 6.07) is 0. The number of rotatable bonds is 3. The van der Waals surface area contributed by atoms with Gasteiger partial charge in [0.15, 0.2) is 17.3 Å². The molecule has 1 aromatic heterocycles. The molecule has 0 aromatic carbocycles. The van der Waals surface area contributed by atoms with Gasteiger partial charge in [-0.3, -0.25) is 0 Å². The minimum Gasteiger partial charge on any atom is -0.461 e. The first kappa shape index (κ1) is 14.5. The van der Waals surface area contributed by atoms with Crippen LogP contribution in [0.2, 0.25) is 0 Å². The van der Waals surface area contributed by atoms with E-state index in [9.17, 15) is 9.18 Å². The van der Waals surface area contributed by atoms with E-state index < -0.39 is 17.6 Å². The first-order valence-corrected chi connectivity index (χ1v) is 7.47. The molecule has 2 aliphatic rings. The van der Waals surface area contributed by atoms with Gasteiger partial charge in [-0.05, 0) is 25.7 Å². The van der Waals surface area contributed by atoms with Crippen molar-refractivity contribution < 1.29 is 23.4 Å². The van der Waals surface area contributed by atoms with Gasteiger partial charge in [-0.1, -0.05) is 0 Å². The molecule has 116 valence electrons. The second-order valence-electron chi connectivity index (χ2n) is 5.54. The van der Waals surface area contributed by atoms with Crippen molar-refractivity contribution in [3.05, 3.63) is 23.3 Å².